The van der Waals surface area contributed by atoms with E-state index in [0.29, 0.717) is 11.9 Å². The van der Waals surface area contributed by atoms with Crippen molar-refractivity contribution in [2.45, 2.75) is 39.2 Å². The summed E-state index contributed by atoms with van der Waals surface area (Å²) < 4.78 is 5.55. The number of aromatic nitrogens is 2. The fourth-order valence-electron chi connectivity index (χ4n) is 1.87. The van der Waals surface area contributed by atoms with Crippen LogP contribution >= 0.6 is 0 Å². The normalized spacial score (nSPS) is 18.2. The molecule has 0 spiro atoms. The van der Waals surface area contributed by atoms with Gasteiger partial charge in [0.1, 0.15) is 0 Å². The predicted octanol–water partition coefficient (Wildman–Crippen LogP) is 1.72. The lowest BCUT2D eigenvalue weighted by molar-refractivity contribution is 0.312. The molecule has 16 heavy (non-hydrogen) atoms. The molecule has 1 atom stereocenters. The van der Waals surface area contributed by atoms with Crippen molar-refractivity contribution in [3.63, 3.8) is 0 Å². The molecule has 5 heteroatoms. The molecule has 5 nitrogen and oxygen atoms in total. The van der Waals surface area contributed by atoms with Gasteiger partial charge in [0.05, 0.1) is 6.04 Å². The first-order chi connectivity index (χ1) is 7.70. The second kappa shape index (κ2) is 4.82. The summed E-state index contributed by atoms with van der Waals surface area (Å²) in [5.74, 6) is 1.31. The summed E-state index contributed by atoms with van der Waals surface area (Å²) in [6.45, 7) is 5.88. The standard InChI is InChI=1S/C11H20N4O/c1-3-15(7-9-5-4-6-9)11-14-13-10(16-11)8(2)12/h8-9H,3-7,12H2,1-2H3. The van der Waals surface area contributed by atoms with Gasteiger partial charge in [-0.1, -0.05) is 11.5 Å². The van der Waals surface area contributed by atoms with E-state index in [4.69, 9.17) is 10.2 Å². The third-order valence-electron chi connectivity index (χ3n) is 3.18. The molecular formula is C11H20N4O. The fraction of sp³-hybridized carbons (Fsp3) is 0.818. The first-order valence-corrected chi connectivity index (χ1v) is 6.04. The van der Waals surface area contributed by atoms with E-state index in [0.717, 1.165) is 19.0 Å². The second-order valence-electron chi connectivity index (χ2n) is 4.55. The quantitative estimate of drug-likeness (QED) is 0.824. The third kappa shape index (κ3) is 2.35. The van der Waals surface area contributed by atoms with Gasteiger partial charge in [-0.2, -0.15) is 0 Å². The topological polar surface area (TPSA) is 68.2 Å². The predicted molar refractivity (Wildman–Crippen MR) is 62.1 cm³/mol. The number of rotatable bonds is 5. The zero-order valence-corrected chi connectivity index (χ0v) is 10.0. The van der Waals surface area contributed by atoms with E-state index >= 15 is 0 Å². The van der Waals surface area contributed by atoms with Gasteiger partial charge >= 0.3 is 6.01 Å². The Bertz CT molecular complexity index is 332. The summed E-state index contributed by atoms with van der Waals surface area (Å²) in [6.07, 6.45) is 4.01. The molecule has 0 aliphatic heterocycles. The molecule has 90 valence electrons. The zero-order valence-electron chi connectivity index (χ0n) is 10.0. The van der Waals surface area contributed by atoms with Crippen LogP contribution in [0.2, 0.25) is 0 Å². The monoisotopic (exact) mass is 224 g/mol. The van der Waals surface area contributed by atoms with E-state index in [1.807, 2.05) is 6.92 Å². The second-order valence-corrected chi connectivity index (χ2v) is 4.55. The minimum absolute atomic E-state index is 0.191. The Labute approximate surface area is 96.0 Å². The molecule has 1 aliphatic rings. The van der Waals surface area contributed by atoms with Crippen LogP contribution in [0.5, 0.6) is 0 Å². The molecule has 0 bridgehead atoms. The molecule has 2 rings (SSSR count). The van der Waals surface area contributed by atoms with Crippen molar-refractivity contribution in [1.82, 2.24) is 10.2 Å². The first-order valence-electron chi connectivity index (χ1n) is 6.04. The van der Waals surface area contributed by atoms with Crippen molar-refractivity contribution in [2.24, 2.45) is 11.7 Å². The molecule has 1 heterocycles. The average molecular weight is 224 g/mol. The van der Waals surface area contributed by atoms with E-state index in [1.165, 1.54) is 19.3 Å². The molecule has 1 unspecified atom stereocenters. The van der Waals surface area contributed by atoms with Crippen LogP contribution in [0.25, 0.3) is 0 Å². The van der Waals surface area contributed by atoms with Crippen molar-refractivity contribution in [3.8, 4) is 0 Å². The van der Waals surface area contributed by atoms with Gasteiger partial charge in [0.2, 0.25) is 5.89 Å². The summed E-state index contributed by atoms with van der Waals surface area (Å²) in [6, 6.07) is 0.422. The van der Waals surface area contributed by atoms with E-state index in [-0.39, 0.29) is 6.04 Å². The van der Waals surface area contributed by atoms with Crippen LogP contribution in [-0.4, -0.2) is 23.3 Å². The van der Waals surface area contributed by atoms with Crippen LogP contribution in [-0.2, 0) is 0 Å². The summed E-state index contributed by atoms with van der Waals surface area (Å²) in [5.41, 5.74) is 5.69. The van der Waals surface area contributed by atoms with E-state index in [1.54, 1.807) is 0 Å². The molecule has 2 N–H and O–H groups in total. The smallest absolute Gasteiger partial charge is 0.318 e. The molecule has 1 saturated carbocycles. The van der Waals surface area contributed by atoms with E-state index < -0.39 is 0 Å². The van der Waals surface area contributed by atoms with E-state index in [9.17, 15) is 0 Å². The Morgan fingerprint density at radius 1 is 1.50 bits per heavy atom. The highest BCUT2D eigenvalue weighted by molar-refractivity contribution is 5.24. The number of hydrogen-bond donors (Lipinski definition) is 1. The third-order valence-corrected chi connectivity index (χ3v) is 3.18. The summed E-state index contributed by atoms with van der Waals surface area (Å²) in [7, 11) is 0. The lowest BCUT2D eigenvalue weighted by atomic mass is 9.85. The summed E-state index contributed by atoms with van der Waals surface area (Å²) >= 11 is 0. The highest BCUT2D eigenvalue weighted by Gasteiger charge is 2.23. The largest absolute Gasteiger partial charge is 0.406 e. The first kappa shape index (κ1) is 11.4. The van der Waals surface area contributed by atoms with Gasteiger partial charge in [0.15, 0.2) is 0 Å². The van der Waals surface area contributed by atoms with Crippen LogP contribution in [0.15, 0.2) is 4.42 Å². The average Bonchev–Trinajstić information content (AvgIpc) is 2.65. The summed E-state index contributed by atoms with van der Waals surface area (Å²) in [5, 5.41) is 8.00. The lowest BCUT2D eigenvalue weighted by Crippen LogP contribution is -2.32. The Hall–Kier alpha value is -1.10. The van der Waals surface area contributed by atoms with Crippen LogP contribution in [0, 0.1) is 5.92 Å². The maximum absolute atomic E-state index is 5.69. The number of hydrogen-bond acceptors (Lipinski definition) is 5. The van der Waals surface area contributed by atoms with E-state index in [2.05, 4.69) is 22.0 Å². The van der Waals surface area contributed by atoms with Crippen molar-refractivity contribution >= 4 is 6.01 Å². The fourth-order valence-corrected chi connectivity index (χ4v) is 1.87. The van der Waals surface area contributed by atoms with Gasteiger partial charge in [-0.3, -0.25) is 0 Å². The molecule has 1 aliphatic carbocycles. The maximum atomic E-state index is 5.69. The SMILES string of the molecule is CCN(CC1CCC1)c1nnc(C(C)N)o1. The van der Waals surface area contributed by atoms with Crippen LogP contribution in [0.4, 0.5) is 6.01 Å². The Morgan fingerprint density at radius 2 is 2.25 bits per heavy atom. The summed E-state index contributed by atoms with van der Waals surface area (Å²) in [4.78, 5) is 2.14. The number of nitrogens with zero attached hydrogens (tertiary/aromatic N) is 3. The molecule has 1 fully saturated rings. The Kier molecular flexibility index (Phi) is 3.43. The van der Waals surface area contributed by atoms with Crippen molar-refractivity contribution < 1.29 is 4.42 Å². The molecule has 0 aromatic carbocycles. The molecule has 1 aromatic rings. The molecule has 1 aromatic heterocycles. The molecule has 0 amide bonds. The van der Waals surface area contributed by atoms with Gasteiger partial charge in [-0.25, -0.2) is 0 Å². The van der Waals surface area contributed by atoms with Crippen molar-refractivity contribution in [3.05, 3.63) is 5.89 Å². The van der Waals surface area contributed by atoms with Crippen molar-refractivity contribution in [2.75, 3.05) is 18.0 Å². The number of anilines is 1. The zero-order chi connectivity index (χ0) is 11.5. The van der Waals surface area contributed by atoms with Gasteiger partial charge < -0.3 is 15.1 Å². The highest BCUT2D eigenvalue weighted by atomic mass is 16.4. The molecular weight excluding hydrogens is 204 g/mol. The molecule has 0 saturated heterocycles. The Balaban J connectivity index is 2.00. The highest BCUT2D eigenvalue weighted by Crippen LogP contribution is 2.28. The lowest BCUT2D eigenvalue weighted by Gasteiger charge is -2.30. The number of nitrogens with two attached hydrogens (primary N) is 1. The van der Waals surface area contributed by atoms with Crippen LogP contribution in [0.1, 0.15) is 45.0 Å². The van der Waals surface area contributed by atoms with Gasteiger partial charge in [-0.15, -0.1) is 5.10 Å². The Morgan fingerprint density at radius 3 is 2.69 bits per heavy atom. The van der Waals surface area contributed by atoms with Gasteiger partial charge in [0, 0.05) is 13.1 Å². The van der Waals surface area contributed by atoms with Crippen molar-refractivity contribution in [1.29, 1.82) is 0 Å². The van der Waals surface area contributed by atoms with Crippen LogP contribution in [0.3, 0.4) is 0 Å². The minimum Gasteiger partial charge on any atom is -0.406 e. The van der Waals surface area contributed by atoms with Gasteiger partial charge in [-0.05, 0) is 32.6 Å². The molecule has 0 radical (unpaired) electrons. The van der Waals surface area contributed by atoms with Gasteiger partial charge in [0.25, 0.3) is 0 Å². The maximum Gasteiger partial charge on any atom is 0.318 e. The van der Waals surface area contributed by atoms with Crippen LogP contribution < -0.4 is 10.6 Å². The minimum atomic E-state index is -0.191.